The predicted octanol–water partition coefficient (Wildman–Crippen LogP) is 3.01. The Kier molecular flexibility index (Phi) is 4.63. The van der Waals surface area contributed by atoms with Gasteiger partial charge >= 0.3 is 0 Å². The van der Waals surface area contributed by atoms with Crippen LogP contribution >= 0.6 is 0 Å². The maximum absolute atomic E-state index is 9.31. The molecule has 2 aromatic rings. The summed E-state index contributed by atoms with van der Waals surface area (Å²) >= 11 is 0. The monoisotopic (exact) mass is 343 g/mol. The molecule has 25 heavy (non-hydrogen) atoms. The third kappa shape index (κ3) is 3.24. The molecule has 1 saturated carbocycles. The first-order valence-corrected chi connectivity index (χ1v) is 9.72. The van der Waals surface area contributed by atoms with Crippen molar-refractivity contribution < 1.29 is 5.11 Å². The zero-order chi connectivity index (χ0) is 17.3. The van der Waals surface area contributed by atoms with Gasteiger partial charge in [0.05, 0.1) is 6.33 Å². The fourth-order valence-corrected chi connectivity index (χ4v) is 4.62. The van der Waals surface area contributed by atoms with E-state index in [1.807, 2.05) is 17.8 Å². The van der Waals surface area contributed by atoms with Gasteiger partial charge in [-0.2, -0.15) is 0 Å². The number of fused-ring (bicyclic) bond motifs is 1. The van der Waals surface area contributed by atoms with Crippen LogP contribution < -0.4 is 4.90 Å². The van der Waals surface area contributed by atoms with Crippen molar-refractivity contribution in [3.05, 3.63) is 12.7 Å². The fraction of sp³-hybridized carbons (Fsp3) is 0.737. The third-order valence-electron chi connectivity index (χ3n) is 6.24. The molecule has 2 fully saturated rings. The van der Waals surface area contributed by atoms with Crippen LogP contribution in [0.1, 0.15) is 51.9 Å². The predicted molar refractivity (Wildman–Crippen MR) is 98.5 cm³/mol. The first-order valence-electron chi connectivity index (χ1n) is 9.72. The quantitative estimate of drug-likeness (QED) is 0.924. The van der Waals surface area contributed by atoms with Crippen LogP contribution in [0.2, 0.25) is 0 Å². The number of hydrogen-bond acceptors (Lipinski definition) is 5. The maximum Gasteiger partial charge on any atom is 0.165 e. The Morgan fingerprint density at radius 3 is 2.56 bits per heavy atom. The Morgan fingerprint density at radius 2 is 1.84 bits per heavy atom. The minimum Gasteiger partial charge on any atom is -0.396 e. The van der Waals surface area contributed by atoms with Crippen molar-refractivity contribution in [2.45, 2.75) is 58.4 Å². The van der Waals surface area contributed by atoms with E-state index < -0.39 is 0 Å². The number of aromatic nitrogens is 4. The summed E-state index contributed by atoms with van der Waals surface area (Å²) < 4.78 is 2.04. The van der Waals surface area contributed by atoms with Crippen LogP contribution in [-0.2, 0) is 6.54 Å². The highest BCUT2D eigenvalue weighted by Crippen LogP contribution is 2.45. The van der Waals surface area contributed by atoms with Gasteiger partial charge in [0.2, 0.25) is 0 Å². The van der Waals surface area contributed by atoms with E-state index in [0.29, 0.717) is 5.41 Å². The molecule has 4 rings (SSSR count). The van der Waals surface area contributed by atoms with Gasteiger partial charge in [0.25, 0.3) is 0 Å². The second-order valence-corrected chi connectivity index (χ2v) is 8.10. The molecule has 0 unspecified atom stereocenters. The minimum absolute atomic E-state index is 0.172. The first kappa shape index (κ1) is 16.8. The van der Waals surface area contributed by atoms with E-state index in [1.54, 1.807) is 6.33 Å². The molecular weight excluding hydrogens is 314 g/mol. The van der Waals surface area contributed by atoms with Crippen LogP contribution in [0.4, 0.5) is 5.82 Å². The number of hydrogen-bond donors (Lipinski definition) is 1. The molecule has 1 saturated heterocycles. The highest BCUT2D eigenvalue weighted by molar-refractivity contribution is 5.83. The van der Waals surface area contributed by atoms with Crippen LogP contribution in [0.15, 0.2) is 12.7 Å². The number of aliphatic hydroxyl groups excluding tert-OH is 1. The van der Waals surface area contributed by atoms with Gasteiger partial charge in [0.1, 0.15) is 6.33 Å². The van der Waals surface area contributed by atoms with E-state index in [2.05, 4.69) is 19.9 Å². The van der Waals surface area contributed by atoms with Crippen LogP contribution in [0.25, 0.3) is 11.2 Å². The molecule has 2 aliphatic rings. The van der Waals surface area contributed by atoms with Crippen LogP contribution in [0.5, 0.6) is 0 Å². The number of piperidine rings is 1. The molecule has 0 bridgehead atoms. The lowest BCUT2D eigenvalue weighted by Gasteiger charge is -2.44. The van der Waals surface area contributed by atoms with E-state index in [9.17, 15) is 5.11 Å². The maximum atomic E-state index is 9.31. The number of anilines is 1. The smallest absolute Gasteiger partial charge is 0.165 e. The third-order valence-corrected chi connectivity index (χ3v) is 6.24. The Hall–Kier alpha value is -1.69. The van der Waals surface area contributed by atoms with Gasteiger partial charge in [0, 0.05) is 26.2 Å². The van der Waals surface area contributed by atoms with Gasteiger partial charge in [-0.25, -0.2) is 15.0 Å². The van der Waals surface area contributed by atoms with Crippen molar-refractivity contribution in [1.82, 2.24) is 19.5 Å². The summed E-state index contributed by atoms with van der Waals surface area (Å²) in [6.07, 6.45) is 13.1. The lowest BCUT2D eigenvalue weighted by atomic mass is 9.68. The Morgan fingerprint density at radius 1 is 1.08 bits per heavy atom. The van der Waals surface area contributed by atoms with Crippen LogP contribution in [0.3, 0.4) is 0 Å². The van der Waals surface area contributed by atoms with Gasteiger partial charge in [-0.1, -0.05) is 26.2 Å². The van der Waals surface area contributed by atoms with E-state index in [4.69, 9.17) is 0 Å². The SMILES string of the molecule is C[C@H](CO)Cn1cnc2c(N3CCC4(CCCCC4)CC3)ncnc21. The van der Waals surface area contributed by atoms with E-state index in [0.717, 1.165) is 36.6 Å². The van der Waals surface area contributed by atoms with Crippen molar-refractivity contribution in [1.29, 1.82) is 0 Å². The van der Waals surface area contributed by atoms with Gasteiger partial charge in [-0.15, -0.1) is 0 Å². The molecule has 6 nitrogen and oxygen atoms in total. The van der Waals surface area contributed by atoms with Gasteiger partial charge in [-0.3, -0.25) is 0 Å². The first-order chi connectivity index (χ1) is 12.2. The summed E-state index contributed by atoms with van der Waals surface area (Å²) in [4.78, 5) is 16.0. The Balaban J connectivity index is 1.54. The summed E-state index contributed by atoms with van der Waals surface area (Å²) in [6.45, 7) is 5.08. The summed E-state index contributed by atoms with van der Waals surface area (Å²) in [5, 5.41) is 9.31. The summed E-state index contributed by atoms with van der Waals surface area (Å²) in [7, 11) is 0. The number of aliphatic hydroxyl groups is 1. The number of rotatable bonds is 4. The molecule has 0 aromatic carbocycles. The van der Waals surface area contributed by atoms with Crippen molar-refractivity contribution in [2.24, 2.45) is 11.3 Å². The Labute approximate surface area is 149 Å². The van der Waals surface area contributed by atoms with Gasteiger partial charge in [-0.05, 0) is 37.0 Å². The molecule has 1 aliphatic carbocycles. The molecule has 0 amide bonds. The second-order valence-electron chi connectivity index (χ2n) is 8.10. The zero-order valence-corrected chi connectivity index (χ0v) is 15.2. The zero-order valence-electron chi connectivity index (χ0n) is 15.2. The van der Waals surface area contributed by atoms with E-state index >= 15 is 0 Å². The average molecular weight is 343 g/mol. The van der Waals surface area contributed by atoms with Gasteiger partial charge < -0.3 is 14.6 Å². The molecule has 1 aliphatic heterocycles. The van der Waals surface area contributed by atoms with Crippen molar-refractivity contribution in [2.75, 3.05) is 24.6 Å². The average Bonchev–Trinajstić information content (AvgIpc) is 3.06. The molecule has 0 radical (unpaired) electrons. The lowest BCUT2D eigenvalue weighted by Crippen LogP contribution is -2.41. The fourth-order valence-electron chi connectivity index (χ4n) is 4.62. The molecule has 1 spiro atoms. The van der Waals surface area contributed by atoms with E-state index in [1.165, 1.54) is 44.9 Å². The summed E-state index contributed by atoms with van der Waals surface area (Å²) in [5.74, 6) is 1.17. The topological polar surface area (TPSA) is 67.1 Å². The van der Waals surface area contributed by atoms with E-state index in [-0.39, 0.29) is 12.5 Å². The molecular formula is C19H29N5O. The standard InChI is InChI=1S/C19H29N5O/c1-15(12-25)11-24-14-22-16-17(20-13-21-18(16)24)23-9-7-19(8-10-23)5-3-2-4-6-19/h13-15,25H,2-12H2,1H3/t15-/m0/s1. The van der Waals surface area contributed by atoms with Crippen molar-refractivity contribution in [3.63, 3.8) is 0 Å². The summed E-state index contributed by atoms with van der Waals surface area (Å²) in [6, 6.07) is 0. The molecule has 1 atom stereocenters. The largest absolute Gasteiger partial charge is 0.396 e. The second kappa shape index (κ2) is 6.90. The minimum atomic E-state index is 0.172. The molecule has 3 heterocycles. The van der Waals surface area contributed by atoms with Crippen molar-refractivity contribution in [3.8, 4) is 0 Å². The molecule has 1 N–H and O–H groups in total. The molecule has 6 heteroatoms. The number of imidazole rings is 1. The summed E-state index contributed by atoms with van der Waals surface area (Å²) in [5.41, 5.74) is 2.37. The highest BCUT2D eigenvalue weighted by Gasteiger charge is 2.36. The van der Waals surface area contributed by atoms with Crippen LogP contribution in [0, 0.1) is 11.3 Å². The Bertz CT molecular complexity index is 712. The number of nitrogens with zero attached hydrogens (tertiary/aromatic N) is 5. The molecule has 2 aromatic heterocycles. The molecule has 136 valence electrons. The lowest BCUT2D eigenvalue weighted by molar-refractivity contribution is 0.144. The van der Waals surface area contributed by atoms with Gasteiger partial charge in [0.15, 0.2) is 17.0 Å². The van der Waals surface area contributed by atoms with Crippen molar-refractivity contribution >= 4 is 17.0 Å². The normalized spacial score (nSPS) is 21.8. The highest BCUT2D eigenvalue weighted by atomic mass is 16.3. The van der Waals surface area contributed by atoms with Crippen LogP contribution in [-0.4, -0.2) is 44.3 Å².